The van der Waals surface area contributed by atoms with Crippen molar-refractivity contribution in [2.45, 2.75) is 6.54 Å². The van der Waals surface area contributed by atoms with Gasteiger partial charge in [0.15, 0.2) is 28.6 Å². The first kappa shape index (κ1) is 19.6. The highest BCUT2D eigenvalue weighted by molar-refractivity contribution is 5.87. The van der Waals surface area contributed by atoms with Crippen molar-refractivity contribution in [1.29, 1.82) is 0 Å². The van der Waals surface area contributed by atoms with Crippen LogP contribution in [0.15, 0.2) is 73.4 Å². The summed E-state index contributed by atoms with van der Waals surface area (Å²) in [7, 11) is 1.63. The van der Waals surface area contributed by atoms with Gasteiger partial charge in [-0.2, -0.15) is 0 Å². The maximum absolute atomic E-state index is 14.2. The van der Waals surface area contributed by atoms with Crippen LogP contribution in [0, 0.1) is 5.82 Å². The first-order chi connectivity index (χ1) is 15.7. The zero-order valence-electron chi connectivity index (χ0n) is 17.1. The van der Waals surface area contributed by atoms with E-state index in [-0.39, 0.29) is 5.69 Å². The van der Waals surface area contributed by atoms with Gasteiger partial charge in [0.05, 0.1) is 31.9 Å². The molecule has 0 atom stereocenters. The molecule has 0 spiro atoms. The van der Waals surface area contributed by atoms with Crippen molar-refractivity contribution in [2.24, 2.45) is 0 Å². The third-order valence-corrected chi connectivity index (χ3v) is 4.90. The Kier molecular flexibility index (Phi) is 5.12. The minimum absolute atomic E-state index is 0.247. The van der Waals surface area contributed by atoms with Crippen LogP contribution in [0.5, 0.6) is 5.75 Å². The van der Waals surface area contributed by atoms with Gasteiger partial charge in [-0.25, -0.2) is 19.3 Å². The van der Waals surface area contributed by atoms with Gasteiger partial charge in [-0.3, -0.25) is 9.97 Å². The highest BCUT2D eigenvalue weighted by Gasteiger charge is 2.16. The molecule has 0 fully saturated rings. The number of anilines is 2. The Bertz CT molecular complexity index is 1370. The second-order valence-electron chi connectivity index (χ2n) is 6.98. The summed E-state index contributed by atoms with van der Waals surface area (Å²) in [6.07, 6.45) is 6.02. The fraction of sp³-hybridized carbons (Fsp3) is 0.0870. The first-order valence-electron chi connectivity index (χ1n) is 9.85. The van der Waals surface area contributed by atoms with E-state index in [1.54, 1.807) is 19.6 Å². The second-order valence-corrected chi connectivity index (χ2v) is 6.98. The summed E-state index contributed by atoms with van der Waals surface area (Å²) in [6, 6.07) is 14.8. The molecule has 9 heteroatoms. The van der Waals surface area contributed by atoms with Gasteiger partial charge in [-0.05, 0) is 35.9 Å². The van der Waals surface area contributed by atoms with Gasteiger partial charge in [0.25, 0.3) is 0 Å². The van der Waals surface area contributed by atoms with Gasteiger partial charge in [-0.15, -0.1) is 0 Å². The van der Waals surface area contributed by atoms with Gasteiger partial charge < -0.3 is 14.6 Å². The zero-order chi connectivity index (χ0) is 21.9. The molecule has 1 N–H and O–H groups in total. The van der Waals surface area contributed by atoms with Crippen LogP contribution in [0.2, 0.25) is 0 Å². The molecule has 0 aliphatic heterocycles. The summed E-state index contributed by atoms with van der Waals surface area (Å²) in [6.45, 7) is 0.544. The molecule has 5 aromatic rings. The number of ether oxygens (including phenoxy) is 1. The molecular weight excluding hydrogens is 409 g/mol. The lowest BCUT2D eigenvalue weighted by molar-refractivity contribution is 0.414. The number of halogens is 1. The Morgan fingerprint density at radius 1 is 1.00 bits per heavy atom. The predicted molar refractivity (Wildman–Crippen MR) is 118 cm³/mol. The van der Waals surface area contributed by atoms with Gasteiger partial charge in [0.1, 0.15) is 11.4 Å². The van der Waals surface area contributed by atoms with E-state index in [2.05, 4.69) is 25.3 Å². The second kappa shape index (κ2) is 8.38. The van der Waals surface area contributed by atoms with E-state index in [0.29, 0.717) is 35.0 Å². The number of fused-ring (bicyclic) bond motifs is 1. The van der Waals surface area contributed by atoms with Crippen molar-refractivity contribution in [1.82, 2.24) is 29.5 Å². The molecule has 0 amide bonds. The molecule has 0 bridgehead atoms. The van der Waals surface area contributed by atoms with E-state index in [9.17, 15) is 4.39 Å². The third-order valence-electron chi connectivity index (χ3n) is 4.90. The highest BCUT2D eigenvalue weighted by atomic mass is 19.1. The lowest BCUT2D eigenvalue weighted by Crippen LogP contribution is -2.04. The Balaban J connectivity index is 1.61. The maximum atomic E-state index is 14.2. The largest absolute Gasteiger partial charge is 0.497 e. The van der Waals surface area contributed by atoms with Crippen molar-refractivity contribution in [3.8, 4) is 17.3 Å². The molecule has 32 heavy (non-hydrogen) atoms. The summed E-state index contributed by atoms with van der Waals surface area (Å²) in [5.74, 6) is 1.09. The minimum Gasteiger partial charge on any atom is -0.497 e. The minimum atomic E-state index is -0.490. The Morgan fingerprint density at radius 2 is 1.88 bits per heavy atom. The summed E-state index contributed by atoms with van der Waals surface area (Å²) in [5.41, 5.74) is 3.03. The molecule has 0 unspecified atom stereocenters. The predicted octanol–water partition coefficient (Wildman–Crippen LogP) is 4.22. The van der Waals surface area contributed by atoms with Crippen molar-refractivity contribution in [3.05, 3.63) is 84.8 Å². The van der Waals surface area contributed by atoms with Crippen LogP contribution in [0.25, 0.3) is 22.7 Å². The van der Waals surface area contributed by atoms with Crippen LogP contribution < -0.4 is 10.1 Å². The molecule has 8 nitrogen and oxygen atoms in total. The normalized spacial score (nSPS) is 10.9. The summed E-state index contributed by atoms with van der Waals surface area (Å²) in [4.78, 5) is 22.0. The van der Waals surface area contributed by atoms with Gasteiger partial charge in [0, 0.05) is 12.4 Å². The fourth-order valence-corrected chi connectivity index (χ4v) is 3.29. The maximum Gasteiger partial charge on any atom is 0.182 e. The van der Waals surface area contributed by atoms with E-state index >= 15 is 0 Å². The Hall–Kier alpha value is -4.40. The van der Waals surface area contributed by atoms with Gasteiger partial charge in [-0.1, -0.05) is 18.2 Å². The molecule has 0 aliphatic rings. The van der Waals surface area contributed by atoms with Crippen molar-refractivity contribution in [2.75, 3.05) is 12.4 Å². The number of pyridine rings is 2. The molecule has 0 radical (unpaired) electrons. The number of aromatic nitrogens is 6. The number of benzene rings is 1. The van der Waals surface area contributed by atoms with E-state index in [0.717, 1.165) is 17.5 Å². The molecule has 0 saturated heterocycles. The SMILES string of the molecule is COc1ccc(Cn2cnc3c(Nc4ccncc4F)nc(-c4ccccn4)nc32)cc1. The van der Waals surface area contributed by atoms with Crippen LogP contribution in [0.1, 0.15) is 5.56 Å². The number of imidazole rings is 1. The summed E-state index contributed by atoms with van der Waals surface area (Å²) in [5, 5.41) is 3.03. The van der Waals surface area contributed by atoms with Crippen LogP contribution in [0.4, 0.5) is 15.9 Å². The number of hydrogen-bond acceptors (Lipinski definition) is 7. The third kappa shape index (κ3) is 3.83. The Morgan fingerprint density at radius 3 is 2.62 bits per heavy atom. The van der Waals surface area contributed by atoms with Crippen LogP contribution in [-0.2, 0) is 6.54 Å². The Labute approximate surface area is 182 Å². The van der Waals surface area contributed by atoms with Gasteiger partial charge >= 0.3 is 0 Å². The molecule has 0 saturated carbocycles. The highest BCUT2D eigenvalue weighted by Crippen LogP contribution is 2.27. The fourth-order valence-electron chi connectivity index (χ4n) is 3.29. The smallest absolute Gasteiger partial charge is 0.182 e. The van der Waals surface area contributed by atoms with E-state index in [1.165, 1.54) is 12.3 Å². The summed E-state index contributed by atoms with van der Waals surface area (Å²) >= 11 is 0. The van der Waals surface area contributed by atoms with E-state index in [4.69, 9.17) is 9.72 Å². The van der Waals surface area contributed by atoms with Crippen molar-refractivity contribution < 1.29 is 9.13 Å². The standard InChI is InChI=1S/C23H18FN7O/c1-32-16-7-5-15(6-8-16)13-31-14-27-20-22(28-18-9-11-25-12-17(18)24)29-21(30-23(20)31)19-4-2-3-10-26-19/h2-12,14H,13H2,1H3,(H,25,28,29,30). The number of methoxy groups -OCH3 is 1. The van der Waals surface area contributed by atoms with Crippen LogP contribution in [0.3, 0.4) is 0 Å². The lowest BCUT2D eigenvalue weighted by Gasteiger charge is -2.10. The number of rotatable bonds is 6. The van der Waals surface area contributed by atoms with Crippen molar-refractivity contribution in [3.63, 3.8) is 0 Å². The van der Waals surface area contributed by atoms with E-state index in [1.807, 2.05) is 47.0 Å². The zero-order valence-corrected chi connectivity index (χ0v) is 17.1. The molecular formula is C23H18FN7O. The monoisotopic (exact) mass is 427 g/mol. The summed E-state index contributed by atoms with van der Waals surface area (Å²) < 4.78 is 21.4. The van der Waals surface area contributed by atoms with Crippen LogP contribution >= 0.6 is 0 Å². The number of nitrogens with one attached hydrogen (secondary N) is 1. The molecule has 0 aliphatic carbocycles. The first-order valence-corrected chi connectivity index (χ1v) is 9.85. The molecule has 4 heterocycles. The topological polar surface area (TPSA) is 90.6 Å². The van der Waals surface area contributed by atoms with Crippen LogP contribution in [-0.4, -0.2) is 36.6 Å². The molecule has 5 rings (SSSR count). The number of hydrogen-bond donors (Lipinski definition) is 1. The quantitative estimate of drug-likeness (QED) is 0.434. The average molecular weight is 427 g/mol. The molecule has 1 aromatic carbocycles. The van der Waals surface area contributed by atoms with E-state index < -0.39 is 5.82 Å². The molecule has 158 valence electrons. The van der Waals surface area contributed by atoms with Gasteiger partial charge in [0.2, 0.25) is 0 Å². The number of nitrogens with zero attached hydrogens (tertiary/aromatic N) is 6. The molecule has 4 aromatic heterocycles. The van der Waals surface area contributed by atoms with Crippen molar-refractivity contribution >= 4 is 22.7 Å². The lowest BCUT2D eigenvalue weighted by atomic mass is 10.2. The average Bonchev–Trinajstić information content (AvgIpc) is 3.24.